The van der Waals surface area contributed by atoms with Gasteiger partial charge in [0.1, 0.15) is 11.5 Å². The van der Waals surface area contributed by atoms with Gasteiger partial charge in [-0.15, -0.1) is 0 Å². The van der Waals surface area contributed by atoms with E-state index in [1.807, 2.05) is 13.8 Å². The van der Waals surface area contributed by atoms with E-state index in [9.17, 15) is 4.79 Å². The van der Waals surface area contributed by atoms with Gasteiger partial charge in [0.2, 0.25) is 0 Å². The maximum atomic E-state index is 12.1. The van der Waals surface area contributed by atoms with Crippen molar-refractivity contribution in [3.05, 3.63) is 22.7 Å². The van der Waals surface area contributed by atoms with Crippen molar-refractivity contribution in [3.8, 4) is 0 Å². The summed E-state index contributed by atoms with van der Waals surface area (Å²) in [7, 11) is 0. The molecule has 2 heterocycles. The number of carbonyl (C=O) groups excluding carboxylic acids is 1. The molecule has 1 atom stereocenters. The summed E-state index contributed by atoms with van der Waals surface area (Å²) in [6.07, 6.45) is 3.74. The first kappa shape index (κ1) is 14.2. The average molecular weight is 283 g/mol. The lowest BCUT2D eigenvalue weighted by molar-refractivity contribution is 0.0945. The molecule has 0 bridgehead atoms. The van der Waals surface area contributed by atoms with Gasteiger partial charge in [0.05, 0.1) is 11.2 Å². The molecule has 1 saturated heterocycles. The zero-order valence-electron chi connectivity index (χ0n) is 11.2. The number of rotatable bonds is 4. The Balaban J connectivity index is 2.02. The summed E-state index contributed by atoms with van der Waals surface area (Å²) in [6, 6.07) is 0.356. The van der Waals surface area contributed by atoms with Crippen LogP contribution < -0.4 is 10.6 Å². The minimum atomic E-state index is -0.233. The van der Waals surface area contributed by atoms with Gasteiger partial charge in [0.25, 0.3) is 5.91 Å². The van der Waals surface area contributed by atoms with Crippen LogP contribution in [-0.2, 0) is 0 Å². The first-order chi connectivity index (χ1) is 9.08. The van der Waals surface area contributed by atoms with Crippen LogP contribution in [0.5, 0.6) is 0 Å². The Kier molecular flexibility index (Phi) is 4.71. The molecule has 0 radical (unpaired) electrons. The van der Waals surface area contributed by atoms with Gasteiger partial charge in [-0.05, 0) is 19.4 Å². The third kappa shape index (κ3) is 3.64. The second kappa shape index (κ2) is 6.30. The van der Waals surface area contributed by atoms with Crippen LogP contribution in [0.4, 0.5) is 0 Å². The van der Waals surface area contributed by atoms with Crippen LogP contribution in [0.15, 0.2) is 6.20 Å². The van der Waals surface area contributed by atoms with E-state index in [1.54, 1.807) is 0 Å². The highest BCUT2D eigenvalue weighted by Gasteiger charge is 2.18. The molecule has 1 aliphatic heterocycles. The molecule has 1 aliphatic rings. The average Bonchev–Trinajstić information content (AvgIpc) is 2.89. The van der Waals surface area contributed by atoms with Crippen LogP contribution in [0.2, 0.25) is 5.02 Å². The molecule has 0 aromatic carbocycles. The molecule has 1 unspecified atom stereocenters. The number of aromatic nitrogens is 2. The normalized spacial score (nSPS) is 18.8. The smallest absolute Gasteiger partial charge is 0.271 e. The number of nitrogens with one attached hydrogen (secondary N) is 2. The van der Waals surface area contributed by atoms with Crippen molar-refractivity contribution in [1.29, 1.82) is 0 Å². The number of amides is 1. The fourth-order valence-electron chi connectivity index (χ4n) is 2.05. The standard InChI is InChI=1S/C13H19ClN4O/c1-8(2)12-16-7-10(14)11(18-12)13(19)17-6-9-4-3-5-15-9/h7-9,15H,3-6H2,1-2H3,(H,17,19). The van der Waals surface area contributed by atoms with E-state index in [4.69, 9.17) is 11.6 Å². The van der Waals surface area contributed by atoms with E-state index in [2.05, 4.69) is 20.6 Å². The zero-order chi connectivity index (χ0) is 13.8. The number of carbonyl (C=O) groups is 1. The summed E-state index contributed by atoms with van der Waals surface area (Å²) in [4.78, 5) is 20.4. The van der Waals surface area contributed by atoms with Gasteiger partial charge in [-0.25, -0.2) is 9.97 Å². The second-order valence-electron chi connectivity index (χ2n) is 5.08. The van der Waals surface area contributed by atoms with Crippen molar-refractivity contribution in [3.63, 3.8) is 0 Å². The molecule has 2 N–H and O–H groups in total. The van der Waals surface area contributed by atoms with Crippen LogP contribution in [0.1, 0.15) is 48.9 Å². The van der Waals surface area contributed by atoms with E-state index in [0.717, 1.165) is 19.4 Å². The number of hydrogen-bond donors (Lipinski definition) is 2. The van der Waals surface area contributed by atoms with E-state index < -0.39 is 0 Å². The van der Waals surface area contributed by atoms with Gasteiger partial charge in [-0.3, -0.25) is 4.79 Å². The molecule has 2 rings (SSSR count). The topological polar surface area (TPSA) is 66.9 Å². The monoisotopic (exact) mass is 282 g/mol. The molecular formula is C13H19ClN4O. The fraction of sp³-hybridized carbons (Fsp3) is 0.615. The Hall–Kier alpha value is -1.20. The summed E-state index contributed by atoms with van der Waals surface area (Å²) in [5, 5.41) is 6.49. The molecule has 1 aromatic rings. The molecule has 5 nitrogen and oxygen atoms in total. The molecule has 1 fully saturated rings. The van der Waals surface area contributed by atoms with Crippen LogP contribution >= 0.6 is 11.6 Å². The minimum absolute atomic E-state index is 0.167. The zero-order valence-corrected chi connectivity index (χ0v) is 12.0. The third-order valence-electron chi connectivity index (χ3n) is 3.17. The summed E-state index contributed by atoms with van der Waals surface area (Å²) < 4.78 is 0. The van der Waals surface area contributed by atoms with Crippen molar-refractivity contribution in [2.24, 2.45) is 0 Å². The summed E-state index contributed by atoms with van der Waals surface area (Å²) >= 11 is 5.99. The maximum absolute atomic E-state index is 12.1. The molecule has 1 aromatic heterocycles. The van der Waals surface area contributed by atoms with Gasteiger partial charge in [0.15, 0.2) is 0 Å². The molecule has 1 amide bonds. The van der Waals surface area contributed by atoms with Gasteiger partial charge >= 0.3 is 0 Å². The first-order valence-corrected chi connectivity index (χ1v) is 6.99. The Morgan fingerprint density at radius 3 is 3.05 bits per heavy atom. The highest BCUT2D eigenvalue weighted by atomic mass is 35.5. The number of halogens is 1. The molecule has 0 saturated carbocycles. The van der Waals surface area contributed by atoms with Gasteiger partial charge in [0, 0.05) is 18.5 Å². The number of hydrogen-bond acceptors (Lipinski definition) is 4. The molecule has 0 aliphatic carbocycles. The molecule has 0 spiro atoms. The van der Waals surface area contributed by atoms with Crippen molar-refractivity contribution in [1.82, 2.24) is 20.6 Å². The summed E-state index contributed by atoms with van der Waals surface area (Å²) in [5.74, 6) is 0.567. The Bertz CT molecular complexity index is 458. The van der Waals surface area contributed by atoms with Crippen molar-refractivity contribution < 1.29 is 4.79 Å². The summed E-state index contributed by atoms with van der Waals surface area (Å²) in [6.45, 7) is 5.59. The molecule has 6 heteroatoms. The van der Waals surface area contributed by atoms with Crippen LogP contribution in [0.3, 0.4) is 0 Å². The largest absolute Gasteiger partial charge is 0.349 e. The van der Waals surface area contributed by atoms with E-state index in [0.29, 0.717) is 23.4 Å². The Morgan fingerprint density at radius 2 is 2.42 bits per heavy atom. The number of nitrogens with zero attached hydrogens (tertiary/aromatic N) is 2. The Morgan fingerprint density at radius 1 is 1.63 bits per heavy atom. The predicted octanol–water partition coefficient (Wildman–Crippen LogP) is 1.74. The molecule has 19 heavy (non-hydrogen) atoms. The molecule has 104 valence electrons. The third-order valence-corrected chi connectivity index (χ3v) is 3.44. The van der Waals surface area contributed by atoms with E-state index in [-0.39, 0.29) is 17.5 Å². The lowest BCUT2D eigenvalue weighted by atomic mass is 10.2. The second-order valence-corrected chi connectivity index (χ2v) is 5.49. The maximum Gasteiger partial charge on any atom is 0.271 e. The highest BCUT2D eigenvalue weighted by molar-refractivity contribution is 6.33. The van der Waals surface area contributed by atoms with Crippen LogP contribution in [0.25, 0.3) is 0 Å². The minimum Gasteiger partial charge on any atom is -0.349 e. The van der Waals surface area contributed by atoms with Crippen molar-refractivity contribution in [2.45, 2.75) is 38.6 Å². The summed E-state index contributed by atoms with van der Waals surface area (Å²) in [5.41, 5.74) is 0.262. The van der Waals surface area contributed by atoms with E-state index >= 15 is 0 Å². The predicted molar refractivity (Wildman–Crippen MR) is 74.5 cm³/mol. The van der Waals surface area contributed by atoms with Crippen molar-refractivity contribution in [2.75, 3.05) is 13.1 Å². The quantitative estimate of drug-likeness (QED) is 0.883. The van der Waals surface area contributed by atoms with Gasteiger partial charge in [-0.1, -0.05) is 25.4 Å². The highest BCUT2D eigenvalue weighted by Crippen LogP contribution is 2.16. The first-order valence-electron chi connectivity index (χ1n) is 6.62. The Labute approximate surface area is 118 Å². The lowest BCUT2D eigenvalue weighted by Gasteiger charge is -2.12. The van der Waals surface area contributed by atoms with E-state index in [1.165, 1.54) is 6.20 Å². The van der Waals surface area contributed by atoms with Crippen molar-refractivity contribution >= 4 is 17.5 Å². The van der Waals surface area contributed by atoms with Gasteiger partial charge < -0.3 is 10.6 Å². The van der Waals surface area contributed by atoms with Gasteiger partial charge in [-0.2, -0.15) is 0 Å². The molecular weight excluding hydrogens is 264 g/mol. The lowest BCUT2D eigenvalue weighted by Crippen LogP contribution is -2.37. The fourth-order valence-corrected chi connectivity index (χ4v) is 2.23. The van der Waals surface area contributed by atoms with Crippen LogP contribution in [0, 0.1) is 0 Å². The SMILES string of the molecule is CC(C)c1ncc(Cl)c(C(=O)NCC2CCCN2)n1. The van der Waals surface area contributed by atoms with Crippen LogP contribution in [-0.4, -0.2) is 35.0 Å².